The van der Waals surface area contributed by atoms with Gasteiger partial charge in [0.05, 0.1) is 0 Å². The maximum absolute atomic E-state index is 11.6. The summed E-state index contributed by atoms with van der Waals surface area (Å²) in [6.07, 6.45) is 0.404. The van der Waals surface area contributed by atoms with Gasteiger partial charge >= 0.3 is 6.09 Å². The molecule has 0 bridgehead atoms. The Hall–Kier alpha value is -2.49. The molecule has 2 N–H and O–H groups in total. The van der Waals surface area contributed by atoms with Crippen molar-refractivity contribution in [3.8, 4) is 0 Å². The molecule has 0 aliphatic heterocycles. The number of benzene rings is 2. The molecule has 0 fully saturated rings. The summed E-state index contributed by atoms with van der Waals surface area (Å²) in [5, 5.41) is 6.17. The van der Waals surface area contributed by atoms with E-state index in [0.29, 0.717) is 6.54 Å². The molecule has 0 aromatic heterocycles. The first kappa shape index (κ1) is 17.9. The number of carbonyl (C=O) groups excluding carboxylic acids is 1. The summed E-state index contributed by atoms with van der Waals surface area (Å²) < 4.78 is 5.21. The minimum absolute atomic E-state index is 0.372. The molecule has 2 aromatic carbocycles. The molecule has 128 valence electrons. The zero-order chi connectivity index (χ0) is 17.4. The standard InChI is InChI=1S/C20H26N2O2/c1-20(2,3)24-19(23)21-14-13-16-9-11-18(12-10-16)22-15-17-7-5-4-6-8-17/h4-12,22H,13-15H2,1-3H3,(H,21,23). The van der Waals surface area contributed by atoms with Gasteiger partial charge in [0.2, 0.25) is 0 Å². The van der Waals surface area contributed by atoms with E-state index >= 15 is 0 Å². The molecule has 0 radical (unpaired) electrons. The van der Waals surface area contributed by atoms with Crippen molar-refractivity contribution in [1.29, 1.82) is 0 Å². The van der Waals surface area contributed by atoms with Crippen molar-refractivity contribution in [2.75, 3.05) is 11.9 Å². The lowest BCUT2D eigenvalue weighted by Crippen LogP contribution is -2.33. The normalized spacial score (nSPS) is 11.0. The van der Waals surface area contributed by atoms with E-state index in [1.165, 1.54) is 11.1 Å². The maximum Gasteiger partial charge on any atom is 0.407 e. The van der Waals surface area contributed by atoms with Crippen molar-refractivity contribution >= 4 is 11.8 Å². The van der Waals surface area contributed by atoms with Crippen molar-refractivity contribution in [3.05, 3.63) is 65.7 Å². The molecule has 0 saturated heterocycles. The van der Waals surface area contributed by atoms with Gasteiger partial charge in [-0.05, 0) is 50.5 Å². The molecule has 2 rings (SSSR count). The molecule has 0 aliphatic carbocycles. The van der Waals surface area contributed by atoms with Gasteiger partial charge in [-0.2, -0.15) is 0 Å². The Morgan fingerprint density at radius 1 is 0.958 bits per heavy atom. The van der Waals surface area contributed by atoms with Gasteiger partial charge in [0.25, 0.3) is 0 Å². The lowest BCUT2D eigenvalue weighted by molar-refractivity contribution is 0.0528. The minimum atomic E-state index is -0.462. The van der Waals surface area contributed by atoms with E-state index in [-0.39, 0.29) is 6.09 Å². The maximum atomic E-state index is 11.6. The summed E-state index contributed by atoms with van der Waals surface area (Å²) in [4.78, 5) is 11.6. The van der Waals surface area contributed by atoms with Crippen LogP contribution in [0.4, 0.5) is 10.5 Å². The molecule has 1 amide bonds. The molecule has 0 saturated carbocycles. The molecule has 4 heteroatoms. The predicted molar refractivity (Wildman–Crippen MR) is 98.2 cm³/mol. The van der Waals surface area contributed by atoms with Crippen molar-refractivity contribution in [2.45, 2.75) is 39.3 Å². The number of rotatable bonds is 6. The average Bonchev–Trinajstić information content (AvgIpc) is 2.53. The first-order valence-corrected chi connectivity index (χ1v) is 8.26. The third kappa shape index (κ3) is 6.73. The van der Waals surface area contributed by atoms with Gasteiger partial charge in [-0.1, -0.05) is 42.5 Å². The predicted octanol–water partition coefficient (Wildman–Crippen LogP) is 4.37. The summed E-state index contributed by atoms with van der Waals surface area (Å²) in [7, 11) is 0. The van der Waals surface area contributed by atoms with Crippen LogP contribution in [-0.4, -0.2) is 18.2 Å². The van der Waals surface area contributed by atoms with Crippen LogP contribution in [-0.2, 0) is 17.7 Å². The second-order valence-electron chi connectivity index (χ2n) is 6.71. The average molecular weight is 326 g/mol. The lowest BCUT2D eigenvalue weighted by Gasteiger charge is -2.19. The van der Waals surface area contributed by atoms with Gasteiger partial charge in [-0.25, -0.2) is 4.79 Å². The number of carbonyl (C=O) groups is 1. The molecule has 0 atom stereocenters. The molecule has 4 nitrogen and oxygen atoms in total. The van der Waals surface area contributed by atoms with Crippen LogP contribution in [0.5, 0.6) is 0 Å². The number of alkyl carbamates (subject to hydrolysis) is 1. The van der Waals surface area contributed by atoms with Crippen LogP contribution < -0.4 is 10.6 Å². The first-order chi connectivity index (χ1) is 11.4. The van der Waals surface area contributed by atoms with E-state index < -0.39 is 5.60 Å². The Morgan fingerprint density at radius 2 is 1.62 bits per heavy atom. The summed E-state index contributed by atoms with van der Waals surface area (Å²) in [5.41, 5.74) is 3.05. The van der Waals surface area contributed by atoms with E-state index in [4.69, 9.17) is 4.74 Å². The molecule has 0 heterocycles. The van der Waals surface area contributed by atoms with Crippen molar-refractivity contribution in [1.82, 2.24) is 5.32 Å². The number of hydrogen-bond acceptors (Lipinski definition) is 3. The van der Waals surface area contributed by atoms with Gasteiger partial charge in [0, 0.05) is 18.8 Å². The van der Waals surface area contributed by atoms with Gasteiger partial charge in [0.1, 0.15) is 5.60 Å². The van der Waals surface area contributed by atoms with Crippen molar-refractivity contribution in [2.24, 2.45) is 0 Å². The second kappa shape index (κ2) is 8.39. The van der Waals surface area contributed by atoms with E-state index in [1.807, 2.05) is 39.0 Å². The van der Waals surface area contributed by atoms with Crippen LogP contribution in [0.3, 0.4) is 0 Å². The summed E-state index contributed by atoms with van der Waals surface area (Å²) in [5.74, 6) is 0. The molecular formula is C20H26N2O2. The first-order valence-electron chi connectivity index (χ1n) is 8.26. The van der Waals surface area contributed by atoms with Gasteiger partial charge < -0.3 is 15.4 Å². The van der Waals surface area contributed by atoms with E-state index in [2.05, 4.69) is 47.0 Å². The Morgan fingerprint density at radius 3 is 2.25 bits per heavy atom. The highest BCUT2D eigenvalue weighted by Gasteiger charge is 2.15. The van der Waals surface area contributed by atoms with Crippen molar-refractivity contribution in [3.63, 3.8) is 0 Å². The monoisotopic (exact) mass is 326 g/mol. The Kier molecular flexibility index (Phi) is 6.24. The van der Waals surface area contributed by atoms with E-state index in [0.717, 1.165) is 18.7 Å². The van der Waals surface area contributed by atoms with Crippen LogP contribution in [0.2, 0.25) is 0 Å². The highest BCUT2D eigenvalue weighted by Crippen LogP contribution is 2.12. The van der Waals surface area contributed by atoms with Crippen LogP contribution in [0.15, 0.2) is 54.6 Å². The zero-order valence-corrected chi connectivity index (χ0v) is 14.6. The van der Waals surface area contributed by atoms with E-state index in [1.54, 1.807) is 0 Å². The van der Waals surface area contributed by atoms with Gasteiger partial charge in [0.15, 0.2) is 0 Å². The topological polar surface area (TPSA) is 50.4 Å². The van der Waals surface area contributed by atoms with Crippen LogP contribution in [0.25, 0.3) is 0 Å². The summed E-state index contributed by atoms with van der Waals surface area (Å²) in [6.45, 7) is 6.93. The lowest BCUT2D eigenvalue weighted by atomic mass is 10.1. The minimum Gasteiger partial charge on any atom is -0.444 e. The van der Waals surface area contributed by atoms with Crippen LogP contribution in [0.1, 0.15) is 31.9 Å². The zero-order valence-electron chi connectivity index (χ0n) is 14.6. The molecule has 24 heavy (non-hydrogen) atoms. The fraction of sp³-hybridized carbons (Fsp3) is 0.350. The fourth-order valence-corrected chi connectivity index (χ4v) is 2.21. The Balaban J connectivity index is 1.73. The highest BCUT2D eigenvalue weighted by atomic mass is 16.6. The Labute approximate surface area is 144 Å². The fourth-order valence-electron chi connectivity index (χ4n) is 2.21. The number of hydrogen-bond donors (Lipinski definition) is 2. The second-order valence-corrected chi connectivity index (χ2v) is 6.71. The number of ether oxygens (including phenoxy) is 1. The molecular weight excluding hydrogens is 300 g/mol. The third-order valence-corrected chi connectivity index (χ3v) is 3.38. The van der Waals surface area contributed by atoms with E-state index in [9.17, 15) is 4.79 Å². The summed E-state index contributed by atoms with van der Waals surface area (Å²) >= 11 is 0. The van der Waals surface area contributed by atoms with Gasteiger partial charge in [-0.3, -0.25) is 0 Å². The largest absolute Gasteiger partial charge is 0.444 e. The highest BCUT2D eigenvalue weighted by molar-refractivity contribution is 5.67. The third-order valence-electron chi connectivity index (χ3n) is 3.38. The van der Waals surface area contributed by atoms with Crippen LogP contribution >= 0.6 is 0 Å². The summed E-state index contributed by atoms with van der Waals surface area (Å²) in [6, 6.07) is 18.6. The number of nitrogens with one attached hydrogen (secondary N) is 2. The number of amides is 1. The van der Waals surface area contributed by atoms with Gasteiger partial charge in [-0.15, -0.1) is 0 Å². The van der Waals surface area contributed by atoms with Crippen molar-refractivity contribution < 1.29 is 9.53 Å². The smallest absolute Gasteiger partial charge is 0.407 e. The molecule has 0 aliphatic rings. The Bertz CT molecular complexity index is 631. The molecule has 0 spiro atoms. The van der Waals surface area contributed by atoms with Crippen LogP contribution in [0, 0.1) is 0 Å². The molecule has 0 unspecified atom stereocenters. The molecule has 2 aromatic rings. The SMILES string of the molecule is CC(C)(C)OC(=O)NCCc1ccc(NCc2ccccc2)cc1. The number of anilines is 1. The quantitative estimate of drug-likeness (QED) is 0.829.